The third-order valence-electron chi connectivity index (χ3n) is 3.33. The number of carbonyl (C=O) groups is 1. The number of amides is 1. The number of thiazole rings is 1. The van der Waals surface area contributed by atoms with Crippen molar-refractivity contribution in [2.75, 3.05) is 18.0 Å². The largest absolute Gasteiger partial charge is 0.368 e. The van der Waals surface area contributed by atoms with Crippen molar-refractivity contribution in [1.29, 1.82) is 0 Å². The molecule has 3 rings (SSSR count). The Balaban J connectivity index is 2.00. The Labute approximate surface area is 119 Å². The Kier molecular flexibility index (Phi) is 3.39. The van der Waals surface area contributed by atoms with Crippen LogP contribution < -0.4 is 16.2 Å². The quantitative estimate of drug-likeness (QED) is 0.880. The number of fused-ring (bicyclic) bond motifs is 1. The Hall–Kier alpha value is -1.96. The van der Waals surface area contributed by atoms with Crippen LogP contribution >= 0.6 is 11.3 Å². The Morgan fingerprint density at radius 1 is 1.35 bits per heavy atom. The van der Waals surface area contributed by atoms with E-state index in [-0.39, 0.29) is 12.1 Å². The van der Waals surface area contributed by atoms with E-state index in [1.165, 1.54) is 28.7 Å². The first-order valence-electron chi connectivity index (χ1n) is 6.54. The molecule has 0 spiro atoms. The lowest BCUT2D eigenvalue weighted by atomic mass is 10.1. The van der Waals surface area contributed by atoms with Crippen molar-refractivity contribution in [3.63, 3.8) is 0 Å². The normalized spacial score (nSPS) is 15.7. The van der Waals surface area contributed by atoms with E-state index in [9.17, 15) is 9.59 Å². The first-order chi connectivity index (χ1) is 9.65. The molecule has 0 aromatic carbocycles. The third kappa shape index (κ3) is 2.38. The van der Waals surface area contributed by atoms with Crippen LogP contribution in [0.3, 0.4) is 0 Å². The van der Waals surface area contributed by atoms with Crippen molar-refractivity contribution >= 4 is 32.7 Å². The van der Waals surface area contributed by atoms with Crippen LogP contribution in [0, 0.1) is 0 Å². The van der Waals surface area contributed by atoms with Gasteiger partial charge in [0.2, 0.25) is 5.91 Å². The molecule has 0 atom stereocenters. The average Bonchev–Trinajstić information content (AvgIpc) is 2.87. The van der Waals surface area contributed by atoms with E-state index in [2.05, 4.69) is 14.9 Å². The highest BCUT2D eigenvalue weighted by Gasteiger charge is 2.17. The number of hydrogen-bond donors (Lipinski definition) is 1. The highest BCUT2D eigenvalue weighted by atomic mass is 32.1. The molecule has 106 valence electrons. The average molecular weight is 293 g/mol. The summed E-state index contributed by atoms with van der Waals surface area (Å²) in [6, 6.07) is 0. The molecule has 1 aliphatic rings. The van der Waals surface area contributed by atoms with Gasteiger partial charge in [-0.05, 0) is 19.3 Å². The van der Waals surface area contributed by atoms with Crippen molar-refractivity contribution in [3.05, 3.63) is 16.7 Å². The Morgan fingerprint density at radius 2 is 2.10 bits per heavy atom. The second kappa shape index (κ2) is 5.20. The number of carbonyl (C=O) groups excluding carboxylic acids is 1. The molecule has 0 unspecified atom stereocenters. The fourth-order valence-corrected chi connectivity index (χ4v) is 3.36. The van der Waals surface area contributed by atoms with Crippen molar-refractivity contribution in [3.8, 4) is 0 Å². The summed E-state index contributed by atoms with van der Waals surface area (Å²) in [5, 5.41) is 0.834. The van der Waals surface area contributed by atoms with Crippen molar-refractivity contribution in [2.45, 2.75) is 25.8 Å². The van der Waals surface area contributed by atoms with Gasteiger partial charge < -0.3 is 10.6 Å². The standard InChI is InChI=1S/C12H15N5O2S/c13-8(18)6-17-7-14-10-9(11(17)19)20-12(15-10)16-4-2-1-3-5-16/h7H,1-6H2,(H2,13,18). The van der Waals surface area contributed by atoms with Gasteiger partial charge >= 0.3 is 0 Å². The van der Waals surface area contributed by atoms with E-state index in [1.54, 1.807) is 0 Å². The minimum atomic E-state index is -0.561. The van der Waals surface area contributed by atoms with E-state index >= 15 is 0 Å². The van der Waals surface area contributed by atoms with Gasteiger partial charge in [-0.3, -0.25) is 14.2 Å². The second-order valence-electron chi connectivity index (χ2n) is 4.84. The molecule has 0 aliphatic carbocycles. The van der Waals surface area contributed by atoms with Crippen LogP contribution in [-0.4, -0.2) is 33.5 Å². The molecule has 8 heteroatoms. The zero-order chi connectivity index (χ0) is 14.1. The summed E-state index contributed by atoms with van der Waals surface area (Å²) in [7, 11) is 0. The lowest BCUT2D eigenvalue weighted by Gasteiger charge is -2.25. The van der Waals surface area contributed by atoms with Crippen molar-refractivity contribution in [1.82, 2.24) is 14.5 Å². The molecular weight excluding hydrogens is 278 g/mol. The maximum absolute atomic E-state index is 12.2. The van der Waals surface area contributed by atoms with Gasteiger partial charge in [-0.15, -0.1) is 0 Å². The third-order valence-corrected chi connectivity index (χ3v) is 4.42. The first-order valence-corrected chi connectivity index (χ1v) is 7.36. The van der Waals surface area contributed by atoms with Crippen molar-refractivity contribution < 1.29 is 4.79 Å². The number of anilines is 1. The molecule has 1 fully saturated rings. The predicted octanol–water partition coefficient (Wildman–Crippen LogP) is 0.329. The molecule has 7 nitrogen and oxygen atoms in total. The van der Waals surface area contributed by atoms with E-state index in [4.69, 9.17) is 5.73 Å². The van der Waals surface area contributed by atoms with Gasteiger partial charge in [-0.1, -0.05) is 11.3 Å². The molecule has 2 N–H and O–H groups in total. The Morgan fingerprint density at radius 3 is 2.80 bits per heavy atom. The van der Waals surface area contributed by atoms with Gasteiger partial charge in [0.05, 0.1) is 0 Å². The topological polar surface area (TPSA) is 94.1 Å². The summed E-state index contributed by atoms with van der Waals surface area (Å²) < 4.78 is 1.71. The van der Waals surface area contributed by atoms with Gasteiger partial charge in [0.15, 0.2) is 10.8 Å². The maximum atomic E-state index is 12.2. The molecule has 0 bridgehead atoms. The van der Waals surface area contributed by atoms with Gasteiger partial charge in [0, 0.05) is 13.1 Å². The number of aromatic nitrogens is 3. The summed E-state index contributed by atoms with van der Waals surface area (Å²) in [4.78, 5) is 33.9. The minimum Gasteiger partial charge on any atom is -0.368 e. The minimum absolute atomic E-state index is 0.154. The van der Waals surface area contributed by atoms with E-state index in [1.807, 2.05) is 0 Å². The number of hydrogen-bond acceptors (Lipinski definition) is 6. The van der Waals surface area contributed by atoms with Gasteiger partial charge in [-0.2, -0.15) is 4.98 Å². The van der Waals surface area contributed by atoms with E-state index in [0.717, 1.165) is 31.1 Å². The summed E-state index contributed by atoms with van der Waals surface area (Å²) in [5.74, 6) is -0.561. The molecule has 1 saturated heterocycles. The first kappa shape index (κ1) is 13.0. The summed E-state index contributed by atoms with van der Waals surface area (Å²) >= 11 is 1.34. The van der Waals surface area contributed by atoms with Crippen LogP contribution in [0.5, 0.6) is 0 Å². The summed E-state index contributed by atoms with van der Waals surface area (Å²) in [6.45, 7) is 1.78. The Bertz CT molecular complexity index is 701. The molecule has 0 saturated carbocycles. The SMILES string of the molecule is NC(=O)Cn1cnc2nc(N3CCCCC3)sc2c1=O. The molecule has 0 radical (unpaired) electrons. The zero-order valence-corrected chi connectivity index (χ0v) is 11.7. The fourth-order valence-electron chi connectivity index (χ4n) is 2.34. The molecular formula is C12H15N5O2S. The lowest BCUT2D eigenvalue weighted by Crippen LogP contribution is -2.29. The lowest BCUT2D eigenvalue weighted by molar-refractivity contribution is -0.118. The highest BCUT2D eigenvalue weighted by Crippen LogP contribution is 2.27. The van der Waals surface area contributed by atoms with Crippen LogP contribution in [0.2, 0.25) is 0 Å². The van der Waals surface area contributed by atoms with Crippen LogP contribution in [0.1, 0.15) is 19.3 Å². The summed E-state index contributed by atoms with van der Waals surface area (Å²) in [5.41, 5.74) is 5.30. The smallest absolute Gasteiger partial charge is 0.273 e. The van der Waals surface area contributed by atoms with Gasteiger partial charge in [-0.25, -0.2) is 4.98 Å². The molecule has 2 aromatic heterocycles. The van der Waals surface area contributed by atoms with E-state index < -0.39 is 5.91 Å². The van der Waals surface area contributed by atoms with Gasteiger partial charge in [0.1, 0.15) is 17.6 Å². The second-order valence-corrected chi connectivity index (χ2v) is 5.82. The number of nitrogens with zero attached hydrogens (tertiary/aromatic N) is 4. The molecule has 2 aromatic rings. The number of primary amides is 1. The fraction of sp³-hybridized carbons (Fsp3) is 0.500. The van der Waals surface area contributed by atoms with Crippen LogP contribution in [0.4, 0.5) is 5.13 Å². The van der Waals surface area contributed by atoms with Crippen LogP contribution in [0.15, 0.2) is 11.1 Å². The number of rotatable bonds is 3. The highest BCUT2D eigenvalue weighted by molar-refractivity contribution is 7.22. The van der Waals surface area contributed by atoms with Crippen molar-refractivity contribution in [2.24, 2.45) is 5.73 Å². The monoisotopic (exact) mass is 293 g/mol. The molecule has 20 heavy (non-hydrogen) atoms. The predicted molar refractivity (Wildman–Crippen MR) is 76.9 cm³/mol. The van der Waals surface area contributed by atoms with Crippen LogP contribution in [0.25, 0.3) is 10.3 Å². The maximum Gasteiger partial charge on any atom is 0.273 e. The van der Waals surface area contributed by atoms with Crippen LogP contribution in [-0.2, 0) is 11.3 Å². The molecule has 3 heterocycles. The zero-order valence-electron chi connectivity index (χ0n) is 10.9. The summed E-state index contributed by atoms with van der Waals surface area (Å²) in [6.07, 6.45) is 4.87. The molecule has 1 amide bonds. The van der Waals surface area contributed by atoms with E-state index in [0.29, 0.717) is 10.3 Å². The number of nitrogens with two attached hydrogens (primary N) is 1. The number of piperidine rings is 1. The van der Waals surface area contributed by atoms with Gasteiger partial charge in [0.25, 0.3) is 5.56 Å². The molecule has 1 aliphatic heterocycles.